The molecule has 3 aromatic heterocycles. The van der Waals surface area contributed by atoms with E-state index >= 15 is 0 Å². The highest BCUT2D eigenvalue weighted by Crippen LogP contribution is 2.35. The predicted octanol–water partition coefficient (Wildman–Crippen LogP) is 5.12. The fourth-order valence-corrected chi connectivity index (χ4v) is 3.82. The van der Waals surface area contributed by atoms with Crippen LogP contribution in [0.5, 0.6) is 0 Å². The standard InChI is InChI=1S/C20H17FN4S/c1-12-13(2)26-20-17(12)19(23-11-14-3-5-16(21)6-4-14)24-18(25-20)15-7-9-22-10-8-15/h3-10H,11H2,1-2H3,(H,23,24,25). The number of hydrogen-bond donors (Lipinski definition) is 1. The highest BCUT2D eigenvalue weighted by atomic mass is 32.1. The van der Waals surface area contributed by atoms with E-state index in [1.807, 2.05) is 12.1 Å². The number of thiophene rings is 1. The average Bonchev–Trinajstić information content (AvgIpc) is 2.96. The highest BCUT2D eigenvalue weighted by Gasteiger charge is 2.15. The van der Waals surface area contributed by atoms with Crippen molar-refractivity contribution < 1.29 is 4.39 Å². The van der Waals surface area contributed by atoms with Gasteiger partial charge in [0.05, 0.1) is 5.39 Å². The van der Waals surface area contributed by atoms with Gasteiger partial charge < -0.3 is 5.32 Å². The van der Waals surface area contributed by atoms with E-state index < -0.39 is 0 Å². The van der Waals surface area contributed by atoms with Crippen molar-refractivity contribution in [3.63, 3.8) is 0 Å². The predicted molar refractivity (Wildman–Crippen MR) is 104 cm³/mol. The summed E-state index contributed by atoms with van der Waals surface area (Å²) in [6.07, 6.45) is 3.47. The van der Waals surface area contributed by atoms with E-state index in [4.69, 9.17) is 9.97 Å². The molecular weight excluding hydrogens is 347 g/mol. The van der Waals surface area contributed by atoms with Crippen LogP contribution in [0.15, 0.2) is 48.8 Å². The van der Waals surface area contributed by atoms with Gasteiger partial charge in [0.15, 0.2) is 5.82 Å². The first-order chi connectivity index (χ1) is 12.6. The zero-order valence-electron chi connectivity index (χ0n) is 14.5. The van der Waals surface area contributed by atoms with E-state index in [1.54, 1.807) is 35.9 Å². The molecule has 1 N–H and O–H groups in total. The molecule has 0 unspecified atom stereocenters. The number of aromatic nitrogens is 3. The maximum absolute atomic E-state index is 13.1. The maximum atomic E-state index is 13.1. The molecule has 0 aliphatic carbocycles. The molecule has 0 amide bonds. The highest BCUT2D eigenvalue weighted by molar-refractivity contribution is 7.18. The first kappa shape index (κ1) is 16.6. The molecule has 0 saturated heterocycles. The second-order valence-electron chi connectivity index (χ2n) is 6.08. The molecule has 0 radical (unpaired) electrons. The lowest BCUT2D eigenvalue weighted by Crippen LogP contribution is -2.04. The van der Waals surface area contributed by atoms with E-state index in [0.29, 0.717) is 12.4 Å². The minimum atomic E-state index is -0.234. The largest absolute Gasteiger partial charge is 0.365 e. The minimum absolute atomic E-state index is 0.234. The molecule has 0 fully saturated rings. The maximum Gasteiger partial charge on any atom is 0.163 e. The Morgan fingerprint density at radius 3 is 2.46 bits per heavy atom. The lowest BCUT2D eigenvalue weighted by molar-refractivity contribution is 0.627. The number of rotatable bonds is 4. The summed E-state index contributed by atoms with van der Waals surface area (Å²) in [4.78, 5) is 15.8. The summed E-state index contributed by atoms with van der Waals surface area (Å²) in [5, 5.41) is 4.45. The van der Waals surface area contributed by atoms with Crippen molar-refractivity contribution in [3.05, 3.63) is 70.6 Å². The van der Waals surface area contributed by atoms with Crippen molar-refractivity contribution in [2.24, 2.45) is 0 Å². The molecule has 4 nitrogen and oxygen atoms in total. The van der Waals surface area contributed by atoms with Gasteiger partial charge in [0, 0.05) is 29.4 Å². The van der Waals surface area contributed by atoms with Crippen molar-refractivity contribution >= 4 is 27.4 Å². The average molecular weight is 364 g/mol. The Balaban J connectivity index is 1.76. The third kappa shape index (κ3) is 3.15. The van der Waals surface area contributed by atoms with Crippen LogP contribution in [0.1, 0.15) is 16.0 Å². The summed E-state index contributed by atoms with van der Waals surface area (Å²) in [5.74, 6) is 1.23. The Labute approximate surface area is 154 Å². The van der Waals surface area contributed by atoms with Crippen LogP contribution >= 0.6 is 11.3 Å². The Morgan fingerprint density at radius 1 is 1.00 bits per heavy atom. The van der Waals surface area contributed by atoms with E-state index in [2.05, 4.69) is 24.1 Å². The molecule has 0 aliphatic rings. The first-order valence-corrected chi connectivity index (χ1v) is 9.10. The van der Waals surface area contributed by atoms with E-state index in [-0.39, 0.29) is 5.82 Å². The zero-order valence-corrected chi connectivity index (χ0v) is 15.3. The number of benzene rings is 1. The van der Waals surface area contributed by atoms with Gasteiger partial charge in [-0.2, -0.15) is 0 Å². The Morgan fingerprint density at radius 2 is 1.73 bits per heavy atom. The van der Waals surface area contributed by atoms with Crippen LogP contribution in [0.2, 0.25) is 0 Å². The molecular formula is C20H17FN4S. The van der Waals surface area contributed by atoms with Crippen LogP contribution in [-0.4, -0.2) is 15.0 Å². The molecule has 0 bridgehead atoms. The number of nitrogens with zero attached hydrogens (tertiary/aromatic N) is 3. The van der Waals surface area contributed by atoms with Gasteiger partial charge in [-0.05, 0) is 49.2 Å². The Bertz CT molecular complexity index is 1060. The van der Waals surface area contributed by atoms with Gasteiger partial charge in [0.2, 0.25) is 0 Å². The van der Waals surface area contributed by atoms with Crippen LogP contribution in [0.3, 0.4) is 0 Å². The third-order valence-electron chi connectivity index (χ3n) is 4.34. The fourth-order valence-electron chi connectivity index (χ4n) is 2.80. The van der Waals surface area contributed by atoms with Gasteiger partial charge >= 0.3 is 0 Å². The van der Waals surface area contributed by atoms with Crippen molar-refractivity contribution in [1.82, 2.24) is 15.0 Å². The zero-order chi connectivity index (χ0) is 18.1. The van der Waals surface area contributed by atoms with Gasteiger partial charge in [-0.1, -0.05) is 12.1 Å². The second kappa shape index (κ2) is 6.80. The van der Waals surface area contributed by atoms with E-state index in [1.165, 1.54) is 22.6 Å². The molecule has 3 heterocycles. The van der Waals surface area contributed by atoms with Crippen LogP contribution < -0.4 is 5.32 Å². The van der Waals surface area contributed by atoms with Gasteiger partial charge in [0.1, 0.15) is 16.5 Å². The summed E-state index contributed by atoms with van der Waals surface area (Å²) in [7, 11) is 0. The van der Waals surface area contributed by atoms with Crippen molar-refractivity contribution in [2.45, 2.75) is 20.4 Å². The number of anilines is 1. The molecule has 4 rings (SSSR count). The Hall–Kier alpha value is -2.86. The van der Waals surface area contributed by atoms with Gasteiger partial charge in [-0.15, -0.1) is 11.3 Å². The molecule has 6 heteroatoms. The fraction of sp³-hybridized carbons (Fsp3) is 0.150. The van der Waals surface area contributed by atoms with Gasteiger partial charge in [0.25, 0.3) is 0 Å². The molecule has 26 heavy (non-hydrogen) atoms. The lowest BCUT2D eigenvalue weighted by atomic mass is 10.2. The monoisotopic (exact) mass is 364 g/mol. The first-order valence-electron chi connectivity index (χ1n) is 8.28. The summed E-state index contributed by atoms with van der Waals surface area (Å²) in [6, 6.07) is 10.3. The van der Waals surface area contributed by atoms with Crippen molar-refractivity contribution in [3.8, 4) is 11.4 Å². The number of aryl methyl sites for hydroxylation is 2. The Kier molecular flexibility index (Phi) is 4.34. The van der Waals surface area contributed by atoms with Crippen molar-refractivity contribution in [2.75, 3.05) is 5.32 Å². The summed E-state index contributed by atoms with van der Waals surface area (Å²) >= 11 is 1.67. The number of nitrogens with one attached hydrogen (secondary N) is 1. The number of halogens is 1. The molecule has 1 aromatic carbocycles. The third-order valence-corrected chi connectivity index (χ3v) is 5.44. The lowest BCUT2D eigenvalue weighted by Gasteiger charge is -2.10. The van der Waals surface area contributed by atoms with Crippen molar-refractivity contribution in [1.29, 1.82) is 0 Å². The van der Waals surface area contributed by atoms with Crippen LogP contribution in [0.25, 0.3) is 21.6 Å². The SMILES string of the molecule is Cc1sc2nc(-c3ccncc3)nc(NCc3ccc(F)cc3)c2c1C. The van der Waals surface area contributed by atoms with Crippen LogP contribution in [0, 0.1) is 19.7 Å². The summed E-state index contributed by atoms with van der Waals surface area (Å²) < 4.78 is 13.1. The molecule has 0 aliphatic heterocycles. The number of fused-ring (bicyclic) bond motifs is 1. The van der Waals surface area contributed by atoms with Crippen LogP contribution in [-0.2, 0) is 6.54 Å². The van der Waals surface area contributed by atoms with Crippen LogP contribution in [0.4, 0.5) is 10.2 Å². The summed E-state index contributed by atoms with van der Waals surface area (Å²) in [5.41, 5.74) is 3.11. The second-order valence-corrected chi connectivity index (χ2v) is 7.28. The number of pyridine rings is 1. The molecule has 4 aromatic rings. The smallest absolute Gasteiger partial charge is 0.163 e. The molecule has 0 atom stereocenters. The summed E-state index contributed by atoms with van der Waals surface area (Å²) in [6.45, 7) is 4.75. The van der Waals surface area contributed by atoms with Gasteiger partial charge in [-0.3, -0.25) is 4.98 Å². The molecule has 130 valence electrons. The van der Waals surface area contributed by atoms with Gasteiger partial charge in [-0.25, -0.2) is 14.4 Å². The molecule has 0 spiro atoms. The minimum Gasteiger partial charge on any atom is -0.365 e. The van der Waals surface area contributed by atoms with E-state index in [9.17, 15) is 4.39 Å². The normalized spacial score (nSPS) is 11.0. The topological polar surface area (TPSA) is 50.7 Å². The number of hydrogen-bond acceptors (Lipinski definition) is 5. The molecule has 0 saturated carbocycles. The van der Waals surface area contributed by atoms with E-state index in [0.717, 1.165) is 27.2 Å². The quantitative estimate of drug-likeness (QED) is 0.546.